The maximum absolute atomic E-state index is 15.1. The molecule has 6 heteroatoms. The van der Waals surface area contributed by atoms with Crippen LogP contribution >= 0.6 is 0 Å². The van der Waals surface area contributed by atoms with Gasteiger partial charge in [0.2, 0.25) is 0 Å². The molecule has 1 nitrogen and oxygen atoms in total. The molecule has 0 aliphatic rings. The number of halogens is 5. The van der Waals surface area contributed by atoms with Crippen molar-refractivity contribution in [1.82, 2.24) is 0 Å². The molecular formula is C30H23F5O. The number of benzene rings is 4. The van der Waals surface area contributed by atoms with Gasteiger partial charge in [-0.3, -0.25) is 0 Å². The Balaban J connectivity index is 1.50. The van der Waals surface area contributed by atoms with Crippen LogP contribution in [0.3, 0.4) is 0 Å². The third-order valence-electron chi connectivity index (χ3n) is 5.83. The van der Waals surface area contributed by atoms with E-state index in [1.165, 1.54) is 17.2 Å². The Labute approximate surface area is 206 Å². The summed E-state index contributed by atoms with van der Waals surface area (Å²) in [5.41, 5.74) is 3.57. The average molecular weight is 495 g/mol. The maximum Gasteiger partial charge on any atom is 0.387 e. The molecule has 0 aliphatic heterocycles. The summed E-state index contributed by atoms with van der Waals surface area (Å²) >= 11 is 0. The first-order chi connectivity index (χ1) is 17.3. The maximum atomic E-state index is 15.1. The summed E-state index contributed by atoms with van der Waals surface area (Å²) in [5.74, 6) is 0.679. The van der Waals surface area contributed by atoms with Crippen LogP contribution in [-0.4, -0.2) is 6.61 Å². The summed E-state index contributed by atoms with van der Waals surface area (Å²) in [6.45, 7) is -1.21. The first-order valence-electron chi connectivity index (χ1n) is 11.6. The Kier molecular flexibility index (Phi) is 7.90. The Hall–Kier alpha value is -3.85. The third-order valence-corrected chi connectivity index (χ3v) is 5.83. The number of rotatable bonds is 7. The lowest BCUT2D eigenvalue weighted by Crippen LogP contribution is -2.06. The number of fused-ring (bicyclic) bond motifs is 1. The Bertz CT molecular complexity index is 1410. The third kappa shape index (κ3) is 6.04. The van der Waals surface area contributed by atoms with Crippen LogP contribution in [0.5, 0.6) is 5.75 Å². The van der Waals surface area contributed by atoms with Crippen molar-refractivity contribution in [3.8, 4) is 17.6 Å². The van der Waals surface area contributed by atoms with Crippen LogP contribution in [0.25, 0.3) is 10.8 Å². The molecule has 0 atom stereocenters. The predicted molar refractivity (Wildman–Crippen MR) is 131 cm³/mol. The van der Waals surface area contributed by atoms with Gasteiger partial charge in [-0.05, 0) is 59.5 Å². The standard InChI is InChI=1S/C30H23F5O/c1-2-3-19-4-6-20(7-5-19)8-9-21-11-15-25-24(16-21)14-13-23(28(25)33)12-10-22-17-26(31)29(27(32)18-22)36-30(34)35/h4-7,11,13-18,30H,2-3,8-9H2,1H3. The summed E-state index contributed by atoms with van der Waals surface area (Å²) in [6.07, 6.45) is 3.87. The molecule has 0 spiro atoms. The van der Waals surface area contributed by atoms with Gasteiger partial charge in [-0.15, -0.1) is 0 Å². The molecule has 0 bridgehead atoms. The molecule has 0 unspecified atom stereocenters. The quantitative estimate of drug-likeness (QED) is 0.187. The number of hydrogen-bond acceptors (Lipinski definition) is 1. The first-order valence-corrected chi connectivity index (χ1v) is 11.6. The highest BCUT2D eigenvalue weighted by Gasteiger charge is 2.16. The van der Waals surface area contributed by atoms with Crippen molar-refractivity contribution in [3.63, 3.8) is 0 Å². The summed E-state index contributed by atoms with van der Waals surface area (Å²) in [5, 5.41) is 1.10. The normalized spacial score (nSPS) is 11.0. The highest BCUT2D eigenvalue weighted by Crippen LogP contribution is 2.26. The summed E-state index contributed by atoms with van der Waals surface area (Å²) in [7, 11) is 0. The van der Waals surface area contributed by atoms with Gasteiger partial charge in [0.1, 0.15) is 5.82 Å². The van der Waals surface area contributed by atoms with Crippen molar-refractivity contribution in [2.45, 2.75) is 39.2 Å². The van der Waals surface area contributed by atoms with Crippen LogP contribution in [0.2, 0.25) is 0 Å². The molecule has 0 amide bonds. The fourth-order valence-electron chi connectivity index (χ4n) is 4.02. The number of aryl methyl sites for hydroxylation is 3. The van der Waals surface area contributed by atoms with Gasteiger partial charge in [0, 0.05) is 10.9 Å². The Morgan fingerprint density at radius 1 is 0.722 bits per heavy atom. The number of hydrogen-bond donors (Lipinski definition) is 0. The summed E-state index contributed by atoms with van der Waals surface area (Å²) in [6, 6.07) is 18.9. The van der Waals surface area contributed by atoms with E-state index in [2.05, 4.69) is 47.8 Å². The van der Waals surface area contributed by atoms with Gasteiger partial charge in [0.05, 0.1) is 5.56 Å². The highest BCUT2D eigenvalue weighted by atomic mass is 19.3. The minimum absolute atomic E-state index is 0.0520. The highest BCUT2D eigenvalue weighted by molar-refractivity contribution is 5.85. The summed E-state index contributed by atoms with van der Waals surface area (Å²) in [4.78, 5) is 0. The van der Waals surface area contributed by atoms with E-state index in [1.807, 2.05) is 12.1 Å². The second kappa shape index (κ2) is 11.3. The molecule has 0 N–H and O–H groups in total. The summed E-state index contributed by atoms with van der Waals surface area (Å²) < 4.78 is 71.3. The molecular weight excluding hydrogens is 471 g/mol. The minimum atomic E-state index is -3.37. The van der Waals surface area contributed by atoms with Gasteiger partial charge < -0.3 is 4.74 Å². The zero-order valence-corrected chi connectivity index (χ0v) is 19.6. The van der Waals surface area contributed by atoms with E-state index in [-0.39, 0.29) is 11.1 Å². The molecule has 0 saturated carbocycles. The predicted octanol–water partition coefficient (Wildman–Crippen LogP) is 8.00. The van der Waals surface area contributed by atoms with E-state index in [9.17, 15) is 17.6 Å². The largest absolute Gasteiger partial charge is 0.429 e. The van der Waals surface area contributed by atoms with Crippen molar-refractivity contribution in [2.75, 3.05) is 0 Å². The fraction of sp³-hybridized carbons (Fsp3) is 0.200. The molecule has 0 fully saturated rings. The van der Waals surface area contributed by atoms with Crippen molar-refractivity contribution in [3.05, 3.63) is 112 Å². The molecule has 0 heterocycles. The van der Waals surface area contributed by atoms with Gasteiger partial charge in [-0.1, -0.05) is 73.7 Å². The number of alkyl halides is 2. The number of ether oxygens (including phenoxy) is 1. The van der Waals surface area contributed by atoms with E-state index in [1.54, 1.807) is 12.1 Å². The van der Waals surface area contributed by atoms with Crippen LogP contribution in [0.1, 0.15) is 41.2 Å². The molecule has 4 aromatic rings. The van der Waals surface area contributed by atoms with Crippen LogP contribution in [0, 0.1) is 29.3 Å². The fourth-order valence-corrected chi connectivity index (χ4v) is 4.02. The van der Waals surface area contributed by atoms with Crippen molar-refractivity contribution in [1.29, 1.82) is 0 Å². The SMILES string of the molecule is CCCc1ccc(CCc2ccc3c(F)c(C#Cc4cc(F)c(OC(F)F)c(F)c4)ccc3c2)cc1. The first kappa shape index (κ1) is 25.2. The lowest BCUT2D eigenvalue weighted by atomic mass is 9.98. The van der Waals surface area contributed by atoms with Crippen LogP contribution in [0.15, 0.2) is 66.7 Å². The van der Waals surface area contributed by atoms with Crippen LogP contribution in [-0.2, 0) is 19.3 Å². The van der Waals surface area contributed by atoms with Crippen molar-refractivity contribution < 1.29 is 26.7 Å². The van der Waals surface area contributed by atoms with E-state index in [0.29, 0.717) is 5.39 Å². The topological polar surface area (TPSA) is 9.23 Å². The lowest BCUT2D eigenvalue weighted by Gasteiger charge is -2.07. The van der Waals surface area contributed by atoms with Gasteiger partial charge in [-0.25, -0.2) is 13.2 Å². The monoisotopic (exact) mass is 494 g/mol. The molecule has 0 saturated heterocycles. The minimum Gasteiger partial charge on any atom is -0.429 e. The Morgan fingerprint density at radius 3 is 1.97 bits per heavy atom. The van der Waals surface area contributed by atoms with E-state index in [4.69, 9.17) is 0 Å². The van der Waals surface area contributed by atoms with E-state index in [0.717, 1.165) is 48.8 Å². The molecule has 0 aliphatic carbocycles. The molecule has 0 radical (unpaired) electrons. The zero-order valence-electron chi connectivity index (χ0n) is 19.6. The van der Waals surface area contributed by atoms with Crippen LogP contribution in [0.4, 0.5) is 22.0 Å². The van der Waals surface area contributed by atoms with Crippen molar-refractivity contribution in [2.24, 2.45) is 0 Å². The lowest BCUT2D eigenvalue weighted by molar-refractivity contribution is -0.0546. The smallest absolute Gasteiger partial charge is 0.387 e. The van der Waals surface area contributed by atoms with Crippen LogP contribution < -0.4 is 4.74 Å². The van der Waals surface area contributed by atoms with Gasteiger partial charge in [0.15, 0.2) is 17.4 Å². The average Bonchev–Trinajstić information content (AvgIpc) is 2.85. The van der Waals surface area contributed by atoms with Gasteiger partial charge in [-0.2, -0.15) is 8.78 Å². The van der Waals surface area contributed by atoms with Crippen molar-refractivity contribution >= 4 is 10.8 Å². The zero-order chi connectivity index (χ0) is 25.7. The molecule has 36 heavy (non-hydrogen) atoms. The van der Waals surface area contributed by atoms with E-state index >= 15 is 4.39 Å². The van der Waals surface area contributed by atoms with Gasteiger partial charge >= 0.3 is 6.61 Å². The molecule has 4 aromatic carbocycles. The van der Waals surface area contributed by atoms with Gasteiger partial charge in [0.25, 0.3) is 0 Å². The molecule has 0 aromatic heterocycles. The second-order valence-corrected chi connectivity index (χ2v) is 8.45. The molecule has 184 valence electrons. The second-order valence-electron chi connectivity index (χ2n) is 8.45. The molecule has 4 rings (SSSR count). The Morgan fingerprint density at radius 2 is 1.33 bits per heavy atom. The van der Waals surface area contributed by atoms with E-state index < -0.39 is 29.8 Å².